The summed E-state index contributed by atoms with van der Waals surface area (Å²) < 4.78 is 16.3. The molecule has 2 N–H and O–H groups in total. The van der Waals surface area contributed by atoms with E-state index in [0.717, 1.165) is 5.56 Å². The van der Waals surface area contributed by atoms with Gasteiger partial charge in [0.2, 0.25) is 6.79 Å². The number of aromatic nitrogens is 2. The van der Waals surface area contributed by atoms with E-state index < -0.39 is 5.97 Å². The predicted molar refractivity (Wildman–Crippen MR) is 107 cm³/mol. The van der Waals surface area contributed by atoms with Gasteiger partial charge in [0.25, 0.3) is 0 Å². The Kier molecular flexibility index (Phi) is 5.48. The fraction of sp³-hybridized carbons (Fsp3) is 0.238. The summed E-state index contributed by atoms with van der Waals surface area (Å²) in [5.41, 5.74) is 2.07. The number of fused-ring (bicyclic) bond motifs is 2. The van der Waals surface area contributed by atoms with E-state index in [1.807, 2.05) is 18.2 Å². The van der Waals surface area contributed by atoms with E-state index in [1.165, 1.54) is 0 Å². The van der Waals surface area contributed by atoms with Crippen LogP contribution < -0.4 is 19.5 Å². The van der Waals surface area contributed by atoms with Gasteiger partial charge in [-0.25, -0.2) is 0 Å². The van der Waals surface area contributed by atoms with Gasteiger partial charge in [-0.3, -0.25) is 4.79 Å². The first-order valence-electron chi connectivity index (χ1n) is 9.31. The number of hydrogen-bond acceptors (Lipinski definition) is 8. The molecule has 1 aliphatic heterocycles. The molecule has 9 nitrogen and oxygen atoms in total. The lowest BCUT2D eigenvalue weighted by Crippen LogP contribution is -2.08. The minimum absolute atomic E-state index is 0.00827. The zero-order chi connectivity index (χ0) is 20.9. The minimum Gasteiger partial charge on any atom is -0.481 e. The maximum absolute atomic E-state index is 10.7. The predicted octanol–water partition coefficient (Wildman–Crippen LogP) is 3.09. The molecule has 30 heavy (non-hydrogen) atoms. The molecule has 9 heteroatoms. The average Bonchev–Trinajstić information content (AvgIpc) is 3.22. The van der Waals surface area contributed by atoms with Crippen molar-refractivity contribution in [1.29, 1.82) is 5.26 Å². The normalized spacial score (nSPS) is 11.8. The lowest BCUT2D eigenvalue weighted by Gasteiger charge is -2.12. The number of ether oxygens (including phenoxy) is 3. The van der Waals surface area contributed by atoms with Crippen molar-refractivity contribution in [2.24, 2.45) is 0 Å². The highest BCUT2D eigenvalue weighted by Crippen LogP contribution is 2.33. The number of nitrogens with zero attached hydrogens (tertiary/aromatic N) is 3. The van der Waals surface area contributed by atoms with Crippen LogP contribution in [0, 0.1) is 11.3 Å². The summed E-state index contributed by atoms with van der Waals surface area (Å²) in [6.07, 6.45) is 0.360. The molecule has 4 rings (SSSR count). The standard InChI is InChI=1S/C21H18N4O5/c22-10-13-3-5-16-15(8-13)20(25-21(24-16)28-7-1-2-19(26)27)23-11-14-4-6-17-18(9-14)30-12-29-17/h3-6,8-9H,1-2,7,11-12H2,(H,26,27)(H,23,24,25). The number of anilines is 1. The summed E-state index contributed by atoms with van der Waals surface area (Å²) in [7, 11) is 0. The van der Waals surface area contributed by atoms with E-state index in [2.05, 4.69) is 21.4 Å². The van der Waals surface area contributed by atoms with E-state index >= 15 is 0 Å². The van der Waals surface area contributed by atoms with Gasteiger partial charge < -0.3 is 24.6 Å². The van der Waals surface area contributed by atoms with Crippen molar-refractivity contribution in [1.82, 2.24) is 9.97 Å². The van der Waals surface area contributed by atoms with E-state index in [1.54, 1.807) is 18.2 Å². The van der Waals surface area contributed by atoms with Gasteiger partial charge in [-0.2, -0.15) is 15.2 Å². The molecule has 0 radical (unpaired) electrons. The summed E-state index contributed by atoms with van der Waals surface area (Å²) in [5.74, 6) is 1.04. The van der Waals surface area contributed by atoms with Gasteiger partial charge >= 0.3 is 12.0 Å². The molecule has 0 spiro atoms. The van der Waals surface area contributed by atoms with Crippen molar-refractivity contribution in [3.05, 3.63) is 47.5 Å². The number of hydrogen-bond donors (Lipinski definition) is 2. The SMILES string of the molecule is N#Cc1ccc2nc(OCCCC(=O)O)nc(NCc3ccc4c(c3)OCO4)c2c1. The Morgan fingerprint density at radius 2 is 2.07 bits per heavy atom. The highest BCUT2D eigenvalue weighted by atomic mass is 16.7. The molecule has 3 aromatic rings. The molecular formula is C21H18N4O5. The van der Waals surface area contributed by atoms with Gasteiger partial charge in [-0.05, 0) is 42.3 Å². The van der Waals surface area contributed by atoms with Crippen molar-refractivity contribution in [2.45, 2.75) is 19.4 Å². The lowest BCUT2D eigenvalue weighted by molar-refractivity contribution is -0.137. The molecule has 1 aromatic heterocycles. The van der Waals surface area contributed by atoms with E-state index in [9.17, 15) is 10.1 Å². The molecule has 0 saturated heterocycles. The van der Waals surface area contributed by atoms with Crippen molar-refractivity contribution >= 4 is 22.7 Å². The van der Waals surface area contributed by atoms with Gasteiger partial charge in [-0.1, -0.05) is 6.07 Å². The Bertz CT molecular complexity index is 1140. The van der Waals surface area contributed by atoms with E-state index in [4.69, 9.17) is 19.3 Å². The van der Waals surface area contributed by atoms with E-state index in [0.29, 0.717) is 46.7 Å². The topological polar surface area (TPSA) is 127 Å². The summed E-state index contributed by atoms with van der Waals surface area (Å²) in [5, 5.41) is 21.9. The third-order valence-corrected chi connectivity index (χ3v) is 4.47. The number of carboxylic acid groups (broad SMARTS) is 1. The molecule has 0 amide bonds. The van der Waals surface area contributed by atoms with Crippen LogP contribution in [-0.2, 0) is 11.3 Å². The average molecular weight is 406 g/mol. The summed E-state index contributed by atoms with van der Waals surface area (Å²) in [6, 6.07) is 13.0. The lowest BCUT2D eigenvalue weighted by atomic mass is 10.1. The van der Waals surface area contributed by atoms with Crippen molar-refractivity contribution in [3.63, 3.8) is 0 Å². The molecule has 152 valence electrons. The largest absolute Gasteiger partial charge is 0.481 e. The molecule has 2 heterocycles. The Balaban J connectivity index is 1.57. The Morgan fingerprint density at radius 3 is 2.90 bits per heavy atom. The van der Waals surface area contributed by atoms with Crippen molar-refractivity contribution < 1.29 is 24.1 Å². The summed E-state index contributed by atoms with van der Waals surface area (Å²) >= 11 is 0. The van der Waals surface area contributed by atoms with Crippen molar-refractivity contribution in [3.8, 4) is 23.6 Å². The molecule has 2 aromatic carbocycles. The van der Waals surface area contributed by atoms with Crippen LogP contribution in [-0.4, -0.2) is 34.4 Å². The number of carboxylic acids is 1. The number of rotatable bonds is 8. The molecule has 0 unspecified atom stereocenters. The molecule has 0 atom stereocenters. The highest BCUT2D eigenvalue weighted by molar-refractivity contribution is 5.90. The van der Waals surface area contributed by atoms with Crippen LogP contribution >= 0.6 is 0 Å². The zero-order valence-electron chi connectivity index (χ0n) is 15.9. The third kappa shape index (κ3) is 4.33. The smallest absolute Gasteiger partial charge is 0.318 e. The first-order chi connectivity index (χ1) is 14.6. The second-order valence-corrected chi connectivity index (χ2v) is 6.59. The maximum atomic E-state index is 10.7. The Labute approximate surface area is 171 Å². The second-order valence-electron chi connectivity index (χ2n) is 6.59. The number of carbonyl (C=O) groups is 1. The number of aliphatic carboxylic acids is 1. The van der Waals surface area contributed by atoms with Gasteiger partial charge in [-0.15, -0.1) is 0 Å². The van der Waals surface area contributed by atoms with Crippen LogP contribution in [0.5, 0.6) is 17.5 Å². The fourth-order valence-corrected chi connectivity index (χ4v) is 3.00. The number of nitriles is 1. The number of benzene rings is 2. The Hall–Kier alpha value is -4.06. The molecule has 1 aliphatic rings. The van der Waals surface area contributed by atoms with Crippen LogP contribution in [0.3, 0.4) is 0 Å². The van der Waals surface area contributed by atoms with Crippen LogP contribution in [0.25, 0.3) is 10.9 Å². The summed E-state index contributed by atoms with van der Waals surface area (Å²) in [4.78, 5) is 19.4. The maximum Gasteiger partial charge on any atom is 0.318 e. The van der Waals surface area contributed by atoms with Crippen molar-refractivity contribution in [2.75, 3.05) is 18.7 Å². The number of nitrogens with one attached hydrogen (secondary N) is 1. The van der Waals surface area contributed by atoms with Gasteiger partial charge in [0.1, 0.15) is 5.82 Å². The minimum atomic E-state index is -0.881. The second kappa shape index (κ2) is 8.53. The molecule has 0 saturated carbocycles. The van der Waals surface area contributed by atoms with Crippen LogP contribution in [0.15, 0.2) is 36.4 Å². The third-order valence-electron chi connectivity index (χ3n) is 4.47. The molecule has 0 fully saturated rings. The van der Waals surface area contributed by atoms with Crippen LogP contribution in [0.2, 0.25) is 0 Å². The quantitative estimate of drug-likeness (QED) is 0.543. The van der Waals surface area contributed by atoms with Gasteiger partial charge in [0, 0.05) is 18.4 Å². The van der Waals surface area contributed by atoms with E-state index in [-0.39, 0.29) is 25.8 Å². The Morgan fingerprint density at radius 1 is 1.20 bits per heavy atom. The first kappa shape index (κ1) is 19.3. The van der Waals surface area contributed by atoms with Gasteiger partial charge in [0.05, 0.1) is 23.8 Å². The zero-order valence-corrected chi connectivity index (χ0v) is 15.9. The molecular weight excluding hydrogens is 388 g/mol. The fourth-order valence-electron chi connectivity index (χ4n) is 3.00. The molecule has 0 bridgehead atoms. The summed E-state index contributed by atoms with van der Waals surface area (Å²) in [6.45, 7) is 0.857. The molecule has 0 aliphatic carbocycles. The first-order valence-corrected chi connectivity index (χ1v) is 9.31. The van der Waals surface area contributed by atoms with Gasteiger partial charge in [0.15, 0.2) is 11.5 Å². The van der Waals surface area contributed by atoms with Crippen LogP contribution in [0.1, 0.15) is 24.0 Å². The monoisotopic (exact) mass is 406 g/mol. The highest BCUT2D eigenvalue weighted by Gasteiger charge is 2.14. The van der Waals surface area contributed by atoms with Crippen LogP contribution in [0.4, 0.5) is 5.82 Å².